The Bertz CT molecular complexity index is 1120. The molecule has 0 aliphatic carbocycles. The number of rotatable bonds is 10. The topological polar surface area (TPSA) is 73.0 Å². The second-order valence-electron chi connectivity index (χ2n) is 7.87. The summed E-state index contributed by atoms with van der Waals surface area (Å²) in [7, 11) is -3.73. The zero-order chi connectivity index (χ0) is 22.6. The van der Waals surface area contributed by atoms with Crippen molar-refractivity contribution in [2.75, 3.05) is 6.54 Å². The van der Waals surface area contributed by atoms with Crippen molar-refractivity contribution in [1.82, 2.24) is 23.9 Å². The van der Waals surface area contributed by atoms with Crippen molar-refractivity contribution < 1.29 is 8.42 Å². The van der Waals surface area contributed by atoms with Crippen molar-refractivity contribution in [3.63, 3.8) is 0 Å². The van der Waals surface area contributed by atoms with Crippen molar-refractivity contribution in [3.05, 3.63) is 64.7 Å². The van der Waals surface area contributed by atoms with Crippen molar-refractivity contribution >= 4 is 10.0 Å². The molecule has 0 saturated carbocycles. The Hall–Kier alpha value is -2.45. The number of sulfonamides is 1. The highest BCUT2D eigenvalue weighted by Gasteiger charge is 2.31. The average Bonchev–Trinajstić information content (AvgIpc) is 3.24. The molecule has 0 unspecified atom stereocenters. The van der Waals surface area contributed by atoms with Gasteiger partial charge in [-0.05, 0) is 46.1 Å². The van der Waals surface area contributed by atoms with E-state index in [0.717, 1.165) is 29.8 Å². The maximum Gasteiger partial charge on any atom is 0.247 e. The van der Waals surface area contributed by atoms with Crippen LogP contribution in [-0.2, 0) is 36.1 Å². The third kappa shape index (κ3) is 4.91. The summed E-state index contributed by atoms with van der Waals surface area (Å²) in [4.78, 5) is 0.328. The van der Waals surface area contributed by atoms with Crippen LogP contribution in [0.5, 0.6) is 0 Å². The summed E-state index contributed by atoms with van der Waals surface area (Å²) in [6.07, 6.45) is 3.32. The molecule has 0 saturated heterocycles. The fourth-order valence-corrected chi connectivity index (χ4v) is 5.74. The first-order valence-corrected chi connectivity index (χ1v) is 12.3. The summed E-state index contributed by atoms with van der Waals surface area (Å²) in [5, 5.41) is 8.91. The molecule has 0 spiro atoms. The van der Waals surface area contributed by atoms with Gasteiger partial charge in [0, 0.05) is 37.4 Å². The molecule has 3 rings (SSSR count). The molecule has 0 bridgehead atoms. The van der Waals surface area contributed by atoms with Gasteiger partial charge in [-0.3, -0.25) is 9.36 Å². The fourth-order valence-electron chi connectivity index (χ4n) is 3.94. The third-order valence-electron chi connectivity index (χ3n) is 5.69. The summed E-state index contributed by atoms with van der Waals surface area (Å²) in [6, 6.07) is 9.98. The highest BCUT2D eigenvalue weighted by atomic mass is 32.2. The second-order valence-corrected chi connectivity index (χ2v) is 9.74. The number of aryl methyl sites for hydroxylation is 3. The Kier molecular flexibility index (Phi) is 7.33. The van der Waals surface area contributed by atoms with Crippen molar-refractivity contribution in [2.45, 2.75) is 72.0 Å². The van der Waals surface area contributed by atoms with Crippen LogP contribution in [0, 0.1) is 20.8 Å². The Morgan fingerprint density at radius 1 is 1.00 bits per heavy atom. The smallest absolute Gasteiger partial charge is 0.247 e. The van der Waals surface area contributed by atoms with E-state index >= 15 is 0 Å². The zero-order valence-corrected chi connectivity index (χ0v) is 20.0. The molecule has 0 amide bonds. The Labute approximate surface area is 185 Å². The molecular formula is C23H33N5O2S. The molecule has 2 heterocycles. The van der Waals surface area contributed by atoms with Crippen LogP contribution in [0.2, 0.25) is 0 Å². The predicted molar refractivity (Wildman–Crippen MR) is 122 cm³/mol. The Morgan fingerprint density at radius 3 is 2.32 bits per heavy atom. The summed E-state index contributed by atoms with van der Waals surface area (Å²) in [6.45, 7) is 11.8. The van der Waals surface area contributed by atoms with E-state index < -0.39 is 10.0 Å². The molecule has 2 aromatic heterocycles. The maximum absolute atomic E-state index is 13.9. The van der Waals surface area contributed by atoms with E-state index in [9.17, 15) is 8.42 Å². The number of hydrogen-bond acceptors (Lipinski definition) is 4. The molecule has 0 atom stereocenters. The summed E-state index contributed by atoms with van der Waals surface area (Å²) in [5.41, 5.74) is 4.28. The van der Waals surface area contributed by atoms with Crippen LogP contribution in [0.4, 0.5) is 0 Å². The number of aromatic nitrogens is 4. The molecule has 3 aromatic rings. The Morgan fingerprint density at radius 2 is 1.71 bits per heavy atom. The lowest BCUT2D eigenvalue weighted by Crippen LogP contribution is -2.33. The molecule has 0 fully saturated rings. The van der Waals surface area contributed by atoms with Gasteiger partial charge in [0.2, 0.25) is 10.0 Å². The minimum absolute atomic E-state index is 0.291. The third-order valence-corrected chi connectivity index (χ3v) is 7.79. The van der Waals surface area contributed by atoms with E-state index in [4.69, 9.17) is 0 Å². The maximum atomic E-state index is 13.9. The van der Waals surface area contributed by atoms with Gasteiger partial charge in [-0.1, -0.05) is 37.3 Å². The van der Waals surface area contributed by atoms with Gasteiger partial charge in [0.25, 0.3) is 0 Å². The van der Waals surface area contributed by atoms with E-state index in [2.05, 4.69) is 17.1 Å². The van der Waals surface area contributed by atoms with E-state index in [0.29, 0.717) is 42.3 Å². The molecule has 0 aliphatic rings. The van der Waals surface area contributed by atoms with Crippen molar-refractivity contribution in [2.24, 2.45) is 0 Å². The average molecular weight is 444 g/mol. The lowest BCUT2D eigenvalue weighted by atomic mass is 10.1. The number of hydrogen-bond donors (Lipinski definition) is 0. The molecule has 1 aromatic carbocycles. The van der Waals surface area contributed by atoms with E-state index in [-0.39, 0.29) is 0 Å². The SMILES string of the molecule is CCCn1nc(C)c(S(=O)(=O)N(CCc2ccccc2)Cc2cnn(CC)c2C)c1C. The van der Waals surface area contributed by atoms with Gasteiger partial charge < -0.3 is 0 Å². The standard InChI is InChI=1S/C23H33N5O2S/c1-6-14-28-20(5)23(18(3)25-28)31(29,30)26(15-13-21-11-9-8-10-12-21)17-22-16-24-27(7-2)19(22)4/h8-12,16H,6-7,13-15,17H2,1-5H3. The fraction of sp³-hybridized carbons (Fsp3) is 0.478. The molecular weight excluding hydrogens is 410 g/mol. The summed E-state index contributed by atoms with van der Waals surface area (Å²) in [5.74, 6) is 0. The van der Waals surface area contributed by atoms with E-state index in [1.807, 2.05) is 55.8 Å². The van der Waals surface area contributed by atoms with Crippen LogP contribution in [0.15, 0.2) is 41.4 Å². The minimum Gasteiger partial charge on any atom is -0.270 e. The molecule has 7 nitrogen and oxygen atoms in total. The van der Waals surface area contributed by atoms with Gasteiger partial charge >= 0.3 is 0 Å². The summed E-state index contributed by atoms with van der Waals surface area (Å²) >= 11 is 0. The second kappa shape index (κ2) is 9.78. The number of benzene rings is 1. The van der Waals surface area contributed by atoms with Crippen LogP contribution in [0.1, 0.15) is 48.5 Å². The monoisotopic (exact) mass is 443 g/mol. The highest BCUT2D eigenvalue weighted by Crippen LogP contribution is 2.26. The lowest BCUT2D eigenvalue weighted by Gasteiger charge is -2.22. The van der Waals surface area contributed by atoms with Crippen LogP contribution in [-0.4, -0.2) is 38.8 Å². The van der Waals surface area contributed by atoms with Gasteiger partial charge in [-0.2, -0.15) is 14.5 Å². The first-order valence-electron chi connectivity index (χ1n) is 10.9. The van der Waals surface area contributed by atoms with Gasteiger partial charge in [0.15, 0.2) is 0 Å². The molecule has 0 radical (unpaired) electrons. The minimum atomic E-state index is -3.73. The lowest BCUT2D eigenvalue weighted by molar-refractivity contribution is 0.407. The largest absolute Gasteiger partial charge is 0.270 e. The van der Waals surface area contributed by atoms with Crippen molar-refractivity contribution in [1.29, 1.82) is 0 Å². The predicted octanol–water partition coefficient (Wildman–Crippen LogP) is 3.87. The van der Waals surface area contributed by atoms with Gasteiger partial charge in [-0.25, -0.2) is 8.42 Å². The van der Waals surface area contributed by atoms with Crippen molar-refractivity contribution in [3.8, 4) is 0 Å². The van der Waals surface area contributed by atoms with E-state index in [1.165, 1.54) is 0 Å². The van der Waals surface area contributed by atoms with Gasteiger partial charge in [0.05, 0.1) is 17.6 Å². The molecule has 31 heavy (non-hydrogen) atoms. The van der Waals surface area contributed by atoms with Crippen LogP contribution < -0.4 is 0 Å². The number of nitrogens with zero attached hydrogens (tertiary/aromatic N) is 5. The molecule has 8 heteroatoms. The summed E-state index contributed by atoms with van der Waals surface area (Å²) < 4.78 is 33.0. The normalized spacial score (nSPS) is 12.1. The van der Waals surface area contributed by atoms with E-state index in [1.54, 1.807) is 22.1 Å². The highest BCUT2D eigenvalue weighted by molar-refractivity contribution is 7.89. The first-order chi connectivity index (χ1) is 14.8. The molecule has 0 aliphatic heterocycles. The van der Waals surface area contributed by atoms with Crippen LogP contribution >= 0.6 is 0 Å². The van der Waals surface area contributed by atoms with Gasteiger partial charge in [-0.15, -0.1) is 0 Å². The zero-order valence-electron chi connectivity index (χ0n) is 19.2. The van der Waals surface area contributed by atoms with Crippen LogP contribution in [0.3, 0.4) is 0 Å². The van der Waals surface area contributed by atoms with Crippen LogP contribution in [0.25, 0.3) is 0 Å². The van der Waals surface area contributed by atoms with Gasteiger partial charge in [0.1, 0.15) is 4.90 Å². The molecule has 0 N–H and O–H groups in total. The Balaban J connectivity index is 1.98. The quantitative estimate of drug-likeness (QED) is 0.477. The first kappa shape index (κ1) is 23.2. The molecule has 168 valence electrons.